The number of ether oxygens (including phenoxy) is 1. The van der Waals surface area contributed by atoms with Crippen molar-refractivity contribution in [3.63, 3.8) is 0 Å². The maximum absolute atomic E-state index is 13.0. The van der Waals surface area contributed by atoms with Gasteiger partial charge in [-0.15, -0.1) is 0 Å². The Morgan fingerprint density at radius 1 is 1.38 bits per heavy atom. The van der Waals surface area contributed by atoms with E-state index in [9.17, 15) is 23.9 Å². The second-order valence-electron chi connectivity index (χ2n) is 6.65. The van der Waals surface area contributed by atoms with Gasteiger partial charge >= 0.3 is 0 Å². The van der Waals surface area contributed by atoms with Crippen LogP contribution in [-0.4, -0.2) is 51.6 Å². The Morgan fingerprint density at radius 2 is 2.07 bits per heavy atom. The van der Waals surface area contributed by atoms with E-state index < -0.39 is 34.8 Å². The van der Waals surface area contributed by atoms with E-state index >= 15 is 0 Å². The number of amides is 2. The molecule has 2 heterocycles. The minimum Gasteiger partial charge on any atom is -0.501 e. The monoisotopic (exact) mass is 404 g/mol. The van der Waals surface area contributed by atoms with Gasteiger partial charge in [0.1, 0.15) is 17.7 Å². The lowest BCUT2D eigenvalue weighted by molar-refractivity contribution is -0.131. The van der Waals surface area contributed by atoms with Crippen LogP contribution in [-0.2, 0) is 22.6 Å². The highest BCUT2D eigenvalue weighted by molar-refractivity contribution is 5.94. The molecule has 2 N–H and O–H groups in total. The number of aromatic hydroxyl groups is 1. The third-order valence-corrected chi connectivity index (χ3v) is 4.75. The normalized spacial score (nSPS) is 15.9. The zero-order valence-corrected chi connectivity index (χ0v) is 16.0. The third kappa shape index (κ3) is 4.27. The smallest absolute Gasteiger partial charge is 0.296 e. The van der Waals surface area contributed by atoms with E-state index in [1.807, 2.05) is 0 Å². The summed E-state index contributed by atoms with van der Waals surface area (Å²) in [5.74, 6) is -2.05. The zero-order chi connectivity index (χ0) is 21.1. The molecule has 1 atom stereocenters. The number of hydrogen-bond donors (Lipinski definition) is 2. The highest BCUT2D eigenvalue weighted by Gasteiger charge is 2.30. The lowest BCUT2D eigenvalue weighted by atomic mass is 10.2. The zero-order valence-electron chi connectivity index (χ0n) is 16.0. The molecular formula is C19H21FN4O5. The van der Waals surface area contributed by atoms with Crippen LogP contribution in [0.2, 0.25) is 0 Å². The summed E-state index contributed by atoms with van der Waals surface area (Å²) >= 11 is 0. The second-order valence-corrected chi connectivity index (χ2v) is 6.65. The number of rotatable bonds is 4. The maximum Gasteiger partial charge on any atom is 0.296 e. The first kappa shape index (κ1) is 20.5. The van der Waals surface area contributed by atoms with Gasteiger partial charge in [0, 0.05) is 20.5 Å². The van der Waals surface area contributed by atoms with Crippen LogP contribution in [0.1, 0.15) is 34.8 Å². The molecule has 3 rings (SSSR count). The fourth-order valence-corrected chi connectivity index (χ4v) is 2.99. The van der Waals surface area contributed by atoms with Gasteiger partial charge in [-0.2, -0.15) is 0 Å². The van der Waals surface area contributed by atoms with Crippen LogP contribution in [0, 0.1) is 5.82 Å². The van der Waals surface area contributed by atoms with E-state index in [1.54, 1.807) is 7.05 Å². The van der Waals surface area contributed by atoms with Gasteiger partial charge in [-0.3, -0.25) is 19.0 Å². The average Bonchev–Trinajstić information content (AvgIpc) is 2.91. The lowest BCUT2D eigenvalue weighted by Gasteiger charge is -2.26. The van der Waals surface area contributed by atoms with E-state index in [0.29, 0.717) is 5.56 Å². The number of nitrogens with zero attached hydrogens (tertiary/aromatic N) is 3. The van der Waals surface area contributed by atoms with Gasteiger partial charge in [-0.05, 0) is 17.7 Å². The molecule has 1 aliphatic rings. The minimum atomic E-state index is -0.783. The quantitative estimate of drug-likeness (QED) is 0.770. The minimum absolute atomic E-state index is 0.0541. The van der Waals surface area contributed by atoms with E-state index in [4.69, 9.17) is 4.74 Å². The Hall–Kier alpha value is -3.27. The molecule has 1 unspecified atom stereocenters. The summed E-state index contributed by atoms with van der Waals surface area (Å²) < 4.78 is 19.7. The summed E-state index contributed by atoms with van der Waals surface area (Å²) in [6, 6.07) is 4.84. The summed E-state index contributed by atoms with van der Waals surface area (Å²) in [6.45, 7) is 1.85. The number of fused-ring (bicyclic) bond motifs is 1. The van der Waals surface area contributed by atoms with E-state index in [1.165, 1.54) is 40.7 Å². The number of halogens is 1. The van der Waals surface area contributed by atoms with Crippen molar-refractivity contribution in [2.45, 2.75) is 26.1 Å². The summed E-state index contributed by atoms with van der Waals surface area (Å²) in [5, 5.41) is 12.8. The molecule has 2 aromatic rings. The Bertz CT molecular complexity index is 989. The largest absolute Gasteiger partial charge is 0.501 e. The molecule has 10 heteroatoms. The Kier molecular flexibility index (Phi) is 5.92. The van der Waals surface area contributed by atoms with Crippen molar-refractivity contribution in [3.05, 3.63) is 57.5 Å². The predicted molar refractivity (Wildman–Crippen MR) is 99.7 cm³/mol. The highest BCUT2D eigenvalue weighted by Crippen LogP contribution is 2.22. The standard InChI is InChI=1S/C19H21FN4O5/c1-11(25)23(2)14-10-29-8-7-24-17(14)22-15(16(26)19(24)28)18(27)21-9-12-3-5-13(20)6-4-12/h3-6,14,26H,7-10H2,1-2H3,(H,21,27). The number of carbonyl (C=O) groups excluding carboxylic acids is 2. The van der Waals surface area contributed by atoms with Gasteiger partial charge in [0.2, 0.25) is 11.7 Å². The van der Waals surface area contributed by atoms with Crippen LogP contribution >= 0.6 is 0 Å². The Labute approximate surface area is 165 Å². The van der Waals surface area contributed by atoms with Crippen LogP contribution in [0.15, 0.2) is 29.1 Å². The Balaban J connectivity index is 1.94. The first-order valence-corrected chi connectivity index (χ1v) is 8.97. The molecule has 0 radical (unpaired) electrons. The number of hydrogen-bond acceptors (Lipinski definition) is 6. The van der Waals surface area contributed by atoms with Crippen LogP contribution in [0.4, 0.5) is 4.39 Å². The van der Waals surface area contributed by atoms with Crippen molar-refractivity contribution in [3.8, 4) is 5.75 Å². The van der Waals surface area contributed by atoms with Gasteiger partial charge < -0.3 is 20.1 Å². The molecule has 1 aliphatic heterocycles. The molecule has 0 bridgehead atoms. The van der Waals surface area contributed by atoms with Crippen molar-refractivity contribution >= 4 is 11.8 Å². The van der Waals surface area contributed by atoms with Crippen molar-refractivity contribution in [2.75, 3.05) is 20.3 Å². The van der Waals surface area contributed by atoms with E-state index in [0.717, 1.165) is 0 Å². The van der Waals surface area contributed by atoms with Crippen molar-refractivity contribution < 1.29 is 23.8 Å². The molecule has 0 saturated carbocycles. The average molecular weight is 404 g/mol. The fraction of sp³-hybridized carbons (Fsp3) is 0.368. The second kappa shape index (κ2) is 8.39. The van der Waals surface area contributed by atoms with Gasteiger partial charge in [0.15, 0.2) is 5.69 Å². The highest BCUT2D eigenvalue weighted by atomic mass is 19.1. The van der Waals surface area contributed by atoms with Gasteiger partial charge in [-0.25, -0.2) is 9.37 Å². The summed E-state index contributed by atoms with van der Waals surface area (Å²) in [5.41, 5.74) is -0.588. The molecule has 9 nitrogen and oxygen atoms in total. The number of aromatic nitrogens is 2. The Morgan fingerprint density at radius 3 is 2.72 bits per heavy atom. The fourth-order valence-electron chi connectivity index (χ4n) is 2.99. The van der Waals surface area contributed by atoms with Gasteiger partial charge in [0.05, 0.1) is 19.8 Å². The van der Waals surface area contributed by atoms with Crippen LogP contribution < -0.4 is 10.9 Å². The topological polar surface area (TPSA) is 114 Å². The molecule has 154 valence electrons. The molecule has 2 amide bonds. The van der Waals surface area contributed by atoms with Crippen molar-refractivity contribution in [1.82, 2.24) is 19.8 Å². The molecular weight excluding hydrogens is 383 g/mol. The van der Waals surface area contributed by atoms with E-state index in [-0.39, 0.29) is 38.0 Å². The van der Waals surface area contributed by atoms with Gasteiger partial charge in [-0.1, -0.05) is 12.1 Å². The molecule has 29 heavy (non-hydrogen) atoms. The van der Waals surface area contributed by atoms with Gasteiger partial charge in [0.25, 0.3) is 11.5 Å². The molecule has 1 aromatic carbocycles. The SMILES string of the molecule is CC(=O)N(C)C1COCCn2c1nc(C(=O)NCc1ccc(F)cc1)c(O)c2=O. The van der Waals surface area contributed by atoms with Crippen molar-refractivity contribution in [1.29, 1.82) is 0 Å². The first-order chi connectivity index (χ1) is 13.8. The maximum atomic E-state index is 13.0. The predicted octanol–water partition coefficient (Wildman–Crippen LogP) is 0.568. The number of nitrogens with one attached hydrogen (secondary N) is 1. The van der Waals surface area contributed by atoms with E-state index in [2.05, 4.69) is 10.3 Å². The summed E-state index contributed by atoms with van der Waals surface area (Å²) in [7, 11) is 1.54. The number of likely N-dealkylation sites (N-methyl/N-ethyl adjacent to an activating group) is 1. The molecule has 0 fully saturated rings. The van der Waals surface area contributed by atoms with Crippen LogP contribution in [0.25, 0.3) is 0 Å². The summed E-state index contributed by atoms with van der Waals surface area (Å²) in [4.78, 5) is 42.6. The first-order valence-electron chi connectivity index (χ1n) is 8.97. The molecule has 0 spiro atoms. The van der Waals surface area contributed by atoms with Crippen LogP contribution in [0.3, 0.4) is 0 Å². The molecule has 1 aromatic heterocycles. The van der Waals surface area contributed by atoms with Crippen LogP contribution in [0.5, 0.6) is 5.75 Å². The van der Waals surface area contributed by atoms with Crippen molar-refractivity contribution in [2.24, 2.45) is 0 Å². The number of benzene rings is 1. The summed E-state index contributed by atoms with van der Waals surface area (Å²) in [6.07, 6.45) is 0. The third-order valence-electron chi connectivity index (χ3n) is 4.75. The number of carbonyl (C=O) groups is 2. The molecule has 0 aliphatic carbocycles. The molecule has 0 saturated heterocycles. The lowest BCUT2D eigenvalue weighted by Crippen LogP contribution is -2.37.